The Morgan fingerprint density at radius 3 is 2.76 bits per heavy atom. The summed E-state index contributed by atoms with van der Waals surface area (Å²) in [7, 11) is 1.42. The number of benzene rings is 1. The molecule has 0 amide bonds. The van der Waals surface area contributed by atoms with Crippen LogP contribution in [-0.2, 0) is 0 Å². The summed E-state index contributed by atoms with van der Waals surface area (Å²) in [5.41, 5.74) is 6.85. The smallest absolute Gasteiger partial charge is 0.165 e. The van der Waals surface area contributed by atoms with Crippen molar-refractivity contribution in [3.63, 3.8) is 0 Å². The number of hydrogen-bond donors (Lipinski definition) is 1. The quantitative estimate of drug-likeness (QED) is 0.926. The van der Waals surface area contributed by atoms with E-state index in [0.29, 0.717) is 5.02 Å². The number of ether oxygens (including phenoxy) is 1. The number of nitrogens with two attached hydrogens (primary N) is 1. The summed E-state index contributed by atoms with van der Waals surface area (Å²) in [5, 5.41) is 2.50. The number of methoxy groups -OCH3 is 1. The van der Waals surface area contributed by atoms with Crippen LogP contribution < -0.4 is 10.5 Å². The minimum Gasteiger partial charge on any atom is -0.494 e. The SMILES string of the molecule is COc1cc(C(N)c2sccc2Cl)ccc1F. The average Bonchev–Trinajstić information content (AvgIpc) is 2.75. The highest BCUT2D eigenvalue weighted by Crippen LogP contribution is 2.32. The Bertz CT molecular complexity index is 529. The van der Waals surface area contributed by atoms with E-state index in [0.717, 1.165) is 10.4 Å². The number of rotatable bonds is 3. The van der Waals surface area contributed by atoms with E-state index in [1.54, 1.807) is 18.2 Å². The Morgan fingerprint density at radius 2 is 2.18 bits per heavy atom. The summed E-state index contributed by atoms with van der Waals surface area (Å²) in [4.78, 5) is 0.861. The Balaban J connectivity index is 2.38. The molecule has 0 radical (unpaired) electrons. The number of hydrogen-bond acceptors (Lipinski definition) is 3. The van der Waals surface area contributed by atoms with E-state index < -0.39 is 5.82 Å². The Labute approximate surface area is 108 Å². The van der Waals surface area contributed by atoms with Gasteiger partial charge in [-0.1, -0.05) is 17.7 Å². The van der Waals surface area contributed by atoms with Crippen molar-refractivity contribution in [1.29, 1.82) is 0 Å². The zero-order valence-corrected chi connectivity index (χ0v) is 10.7. The van der Waals surface area contributed by atoms with Crippen LogP contribution in [0, 0.1) is 5.82 Å². The summed E-state index contributed by atoms with van der Waals surface area (Å²) in [6.07, 6.45) is 0. The fraction of sp³-hybridized carbons (Fsp3) is 0.167. The molecule has 90 valence electrons. The van der Waals surface area contributed by atoms with Crippen molar-refractivity contribution < 1.29 is 9.13 Å². The predicted molar refractivity (Wildman–Crippen MR) is 68.3 cm³/mol. The van der Waals surface area contributed by atoms with Crippen molar-refractivity contribution >= 4 is 22.9 Å². The second kappa shape index (κ2) is 5.04. The fourth-order valence-electron chi connectivity index (χ4n) is 1.55. The minimum atomic E-state index is -0.402. The van der Waals surface area contributed by atoms with Crippen molar-refractivity contribution in [2.45, 2.75) is 6.04 Å². The molecular formula is C12H11ClFNOS. The van der Waals surface area contributed by atoms with E-state index in [2.05, 4.69) is 0 Å². The molecule has 5 heteroatoms. The molecule has 0 aliphatic rings. The van der Waals surface area contributed by atoms with Crippen LogP contribution in [0.4, 0.5) is 4.39 Å². The van der Waals surface area contributed by atoms with Crippen LogP contribution in [0.15, 0.2) is 29.6 Å². The summed E-state index contributed by atoms with van der Waals surface area (Å²) in [6, 6.07) is 6.00. The molecular weight excluding hydrogens is 261 g/mol. The van der Waals surface area contributed by atoms with Crippen LogP contribution in [0.1, 0.15) is 16.5 Å². The molecule has 17 heavy (non-hydrogen) atoms. The van der Waals surface area contributed by atoms with Gasteiger partial charge in [0, 0.05) is 4.88 Å². The van der Waals surface area contributed by atoms with Gasteiger partial charge in [-0.05, 0) is 29.1 Å². The van der Waals surface area contributed by atoms with Gasteiger partial charge in [0.2, 0.25) is 0 Å². The number of thiophene rings is 1. The molecule has 1 unspecified atom stereocenters. The van der Waals surface area contributed by atoms with E-state index in [1.807, 2.05) is 5.38 Å². The molecule has 2 aromatic rings. The van der Waals surface area contributed by atoms with E-state index in [1.165, 1.54) is 24.5 Å². The maximum atomic E-state index is 13.3. The first-order valence-electron chi connectivity index (χ1n) is 4.95. The van der Waals surface area contributed by atoms with Gasteiger partial charge in [0.15, 0.2) is 11.6 Å². The van der Waals surface area contributed by atoms with E-state index in [-0.39, 0.29) is 11.8 Å². The largest absolute Gasteiger partial charge is 0.494 e. The predicted octanol–water partition coefficient (Wildman–Crippen LogP) is 3.60. The Hall–Kier alpha value is -1.10. The van der Waals surface area contributed by atoms with Gasteiger partial charge in [0.1, 0.15) is 0 Å². The van der Waals surface area contributed by atoms with Crippen LogP contribution in [0.2, 0.25) is 5.02 Å². The molecule has 0 aliphatic carbocycles. The van der Waals surface area contributed by atoms with E-state index >= 15 is 0 Å². The van der Waals surface area contributed by atoms with Crippen molar-refractivity contribution in [3.8, 4) is 5.75 Å². The lowest BCUT2D eigenvalue weighted by Crippen LogP contribution is -2.11. The summed E-state index contributed by atoms with van der Waals surface area (Å²) in [6.45, 7) is 0. The molecule has 0 fully saturated rings. The van der Waals surface area contributed by atoms with Crippen LogP contribution in [0.5, 0.6) is 5.75 Å². The van der Waals surface area contributed by atoms with Crippen LogP contribution in [0.25, 0.3) is 0 Å². The van der Waals surface area contributed by atoms with Crippen LogP contribution in [-0.4, -0.2) is 7.11 Å². The van der Waals surface area contributed by atoms with Gasteiger partial charge >= 0.3 is 0 Å². The monoisotopic (exact) mass is 271 g/mol. The molecule has 0 saturated heterocycles. The third-order valence-corrected chi connectivity index (χ3v) is 3.90. The Morgan fingerprint density at radius 1 is 1.41 bits per heavy atom. The molecule has 1 heterocycles. The lowest BCUT2D eigenvalue weighted by molar-refractivity contribution is 0.385. The molecule has 0 saturated carbocycles. The van der Waals surface area contributed by atoms with Crippen LogP contribution in [0.3, 0.4) is 0 Å². The van der Waals surface area contributed by atoms with Gasteiger partial charge in [0.25, 0.3) is 0 Å². The molecule has 0 bridgehead atoms. The fourth-order valence-corrected chi connectivity index (χ4v) is 2.75. The average molecular weight is 272 g/mol. The zero-order chi connectivity index (χ0) is 12.4. The lowest BCUT2D eigenvalue weighted by Gasteiger charge is -2.12. The van der Waals surface area contributed by atoms with Gasteiger partial charge < -0.3 is 10.5 Å². The van der Waals surface area contributed by atoms with Crippen molar-refractivity contribution in [1.82, 2.24) is 0 Å². The first-order chi connectivity index (χ1) is 8.13. The molecule has 2 N–H and O–H groups in total. The van der Waals surface area contributed by atoms with E-state index in [4.69, 9.17) is 22.1 Å². The number of halogens is 2. The Kier molecular flexibility index (Phi) is 3.66. The maximum absolute atomic E-state index is 13.3. The molecule has 1 aromatic heterocycles. The second-order valence-corrected chi connectivity index (χ2v) is 4.86. The van der Waals surface area contributed by atoms with Gasteiger partial charge in [-0.15, -0.1) is 11.3 Å². The molecule has 1 atom stereocenters. The highest BCUT2D eigenvalue weighted by molar-refractivity contribution is 7.10. The normalized spacial score (nSPS) is 12.5. The first kappa shape index (κ1) is 12.4. The first-order valence-corrected chi connectivity index (χ1v) is 6.21. The highest BCUT2D eigenvalue weighted by atomic mass is 35.5. The molecule has 2 rings (SSSR count). The standard InChI is InChI=1S/C12H11ClFNOS/c1-16-10-6-7(2-3-9(10)14)11(15)12-8(13)4-5-17-12/h2-6,11H,15H2,1H3. The van der Waals surface area contributed by atoms with Gasteiger partial charge in [-0.2, -0.15) is 0 Å². The summed E-state index contributed by atoms with van der Waals surface area (Å²) in [5.74, 6) is -0.216. The van der Waals surface area contributed by atoms with Crippen LogP contribution >= 0.6 is 22.9 Å². The van der Waals surface area contributed by atoms with Crippen molar-refractivity contribution in [2.24, 2.45) is 5.73 Å². The van der Waals surface area contributed by atoms with E-state index in [9.17, 15) is 4.39 Å². The second-order valence-electron chi connectivity index (χ2n) is 3.50. The van der Waals surface area contributed by atoms with Crippen molar-refractivity contribution in [2.75, 3.05) is 7.11 Å². The highest BCUT2D eigenvalue weighted by Gasteiger charge is 2.15. The third-order valence-electron chi connectivity index (χ3n) is 2.46. The molecule has 2 nitrogen and oxygen atoms in total. The maximum Gasteiger partial charge on any atom is 0.165 e. The third kappa shape index (κ3) is 2.44. The molecule has 1 aromatic carbocycles. The summed E-state index contributed by atoms with van der Waals surface area (Å²) < 4.78 is 18.2. The zero-order valence-electron chi connectivity index (χ0n) is 9.11. The molecule has 0 aliphatic heterocycles. The van der Waals surface area contributed by atoms with Gasteiger partial charge in [0.05, 0.1) is 18.2 Å². The summed E-state index contributed by atoms with van der Waals surface area (Å²) >= 11 is 7.49. The topological polar surface area (TPSA) is 35.2 Å². The van der Waals surface area contributed by atoms with Crippen molar-refractivity contribution in [3.05, 3.63) is 50.9 Å². The lowest BCUT2D eigenvalue weighted by atomic mass is 10.1. The van der Waals surface area contributed by atoms with Gasteiger partial charge in [-0.25, -0.2) is 4.39 Å². The van der Waals surface area contributed by atoms with Gasteiger partial charge in [-0.3, -0.25) is 0 Å². The minimum absolute atomic E-state index is 0.186. The molecule has 0 spiro atoms.